The third kappa shape index (κ3) is 3.79. The van der Waals surface area contributed by atoms with Crippen LogP contribution < -0.4 is 0 Å². The maximum absolute atomic E-state index is 16.0. The zero-order valence-electron chi connectivity index (χ0n) is 26.1. The van der Waals surface area contributed by atoms with Gasteiger partial charge < -0.3 is 0 Å². The molecule has 0 bridgehead atoms. The number of nitrogens with one attached hydrogen (secondary N) is 1. The van der Waals surface area contributed by atoms with Crippen LogP contribution in [0, 0.1) is 11.2 Å². The SMILES string of the molecule is CC1(C)c2ccc(-c3ncc(-c4nc(-n5cnc6ccccc65)nc(-n5[nH]c6ccccc65)n4)cc3F)cc2C(C)(C)C1(C)C. The predicted octanol–water partition coefficient (Wildman–Crippen LogP) is 7.95. The Morgan fingerprint density at radius 2 is 1.40 bits per heavy atom. The van der Waals surface area contributed by atoms with Crippen LogP contribution in [0.15, 0.2) is 85.3 Å². The molecule has 0 fully saturated rings. The lowest BCUT2D eigenvalue weighted by molar-refractivity contribution is 0.125. The van der Waals surface area contributed by atoms with Gasteiger partial charge in [-0.2, -0.15) is 15.0 Å². The van der Waals surface area contributed by atoms with Crippen molar-refractivity contribution in [3.05, 3.63) is 102 Å². The largest absolute Gasteiger partial charge is 0.289 e. The van der Waals surface area contributed by atoms with Crippen molar-refractivity contribution in [2.24, 2.45) is 5.41 Å². The van der Waals surface area contributed by atoms with Gasteiger partial charge in [0.1, 0.15) is 17.8 Å². The lowest BCUT2D eigenvalue weighted by atomic mass is 9.59. The Labute approximate surface area is 260 Å². The smallest absolute Gasteiger partial charge is 0.254 e. The maximum atomic E-state index is 16.0. The summed E-state index contributed by atoms with van der Waals surface area (Å²) in [5.41, 5.74) is 7.49. The fourth-order valence-electron chi connectivity index (χ4n) is 6.84. The summed E-state index contributed by atoms with van der Waals surface area (Å²) in [4.78, 5) is 23.5. The van der Waals surface area contributed by atoms with Gasteiger partial charge in [-0.25, -0.2) is 14.1 Å². The molecular weight excluding hydrogens is 563 g/mol. The first-order valence-corrected chi connectivity index (χ1v) is 15.1. The highest BCUT2D eigenvalue weighted by molar-refractivity contribution is 5.79. The molecule has 1 aliphatic rings. The summed E-state index contributed by atoms with van der Waals surface area (Å²) in [6.07, 6.45) is 3.32. The van der Waals surface area contributed by atoms with Crippen LogP contribution in [0.25, 0.3) is 56.6 Å². The zero-order valence-corrected chi connectivity index (χ0v) is 26.1. The molecule has 0 radical (unpaired) electrons. The number of aromatic amines is 1. The molecule has 0 aliphatic heterocycles. The Kier molecular flexibility index (Phi) is 5.58. The molecule has 0 unspecified atom stereocenters. The predicted molar refractivity (Wildman–Crippen MR) is 174 cm³/mol. The van der Waals surface area contributed by atoms with Gasteiger partial charge in [-0.3, -0.25) is 14.6 Å². The highest BCUT2D eigenvalue weighted by Gasteiger charge is 2.56. The zero-order chi connectivity index (χ0) is 31.3. The summed E-state index contributed by atoms with van der Waals surface area (Å²) in [5.74, 6) is 0.605. The third-order valence-electron chi connectivity index (χ3n) is 10.7. The molecule has 4 aromatic heterocycles. The Bertz CT molecular complexity index is 2280. The average molecular weight is 597 g/mol. The Morgan fingerprint density at radius 3 is 2.18 bits per heavy atom. The topological polar surface area (TPSA) is 90.1 Å². The number of aromatic nitrogens is 8. The minimum atomic E-state index is -0.439. The van der Waals surface area contributed by atoms with Crippen LogP contribution >= 0.6 is 0 Å². The van der Waals surface area contributed by atoms with Gasteiger partial charge in [-0.15, -0.1) is 0 Å². The number of H-pyrrole nitrogens is 1. The van der Waals surface area contributed by atoms with Crippen molar-refractivity contribution in [2.75, 3.05) is 0 Å². The monoisotopic (exact) mass is 596 g/mol. The van der Waals surface area contributed by atoms with Crippen molar-refractivity contribution < 1.29 is 4.39 Å². The van der Waals surface area contributed by atoms with E-state index < -0.39 is 5.82 Å². The summed E-state index contributed by atoms with van der Waals surface area (Å²) in [5, 5.41) is 3.27. The Morgan fingerprint density at radius 1 is 0.689 bits per heavy atom. The Balaban J connectivity index is 1.25. The van der Waals surface area contributed by atoms with Gasteiger partial charge in [-0.1, -0.05) is 77.9 Å². The van der Waals surface area contributed by atoms with E-state index in [1.54, 1.807) is 17.2 Å². The van der Waals surface area contributed by atoms with E-state index in [9.17, 15) is 0 Å². The Hall–Kier alpha value is -5.18. The molecule has 8 nitrogen and oxygen atoms in total. The maximum Gasteiger partial charge on any atom is 0.254 e. The molecule has 45 heavy (non-hydrogen) atoms. The molecule has 224 valence electrons. The molecule has 9 heteroatoms. The van der Waals surface area contributed by atoms with Crippen LogP contribution in [-0.4, -0.2) is 39.3 Å². The molecule has 4 heterocycles. The molecule has 0 amide bonds. The molecule has 8 rings (SSSR count). The van der Waals surface area contributed by atoms with E-state index in [1.165, 1.54) is 17.2 Å². The van der Waals surface area contributed by atoms with Gasteiger partial charge in [-0.05, 0) is 63.8 Å². The van der Waals surface area contributed by atoms with E-state index in [-0.39, 0.29) is 16.2 Å². The van der Waals surface area contributed by atoms with Crippen molar-refractivity contribution in [3.8, 4) is 34.5 Å². The first kappa shape index (κ1) is 27.4. The summed E-state index contributed by atoms with van der Waals surface area (Å²) in [7, 11) is 0. The highest BCUT2D eigenvalue weighted by Crippen LogP contribution is 2.61. The highest BCUT2D eigenvalue weighted by atomic mass is 19.1. The van der Waals surface area contributed by atoms with Crippen LogP contribution in [-0.2, 0) is 10.8 Å². The van der Waals surface area contributed by atoms with E-state index in [4.69, 9.17) is 15.0 Å². The lowest BCUT2D eigenvalue weighted by Gasteiger charge is -2.44. The van der Waals surface area contributed by atoms with Crippen LogP contribution in [0.5, 0.6) is 0 Å². The molecule has 1 N–H and O–H groups in total. The lowest BCUT2D eigenvalue weighted by Crippen LogP contribution is -2.42. The second kappa shape index (κ2) is 9.17. The van der Waals surface area contributed by atoms with Gasteiger partial charge in [0.2, 0.25) is 5.95 Å². The van der Waals surface area contributed by atoms with E-state index >= 15 is 4.39 Å². The van der Waals surface area contributed by atoms with Crippen LogP contribution in [0.1, 0.15) is 52.7 Å². The number of hydrogen-bond donors (Lipinski definition) is 1. The number of pyridine rings is 1. The standard InChI is InChI=1S/C36H33FN8/c1-34(2)23-16-15-21(17-24(23)35(3,4)36(34,5)6)30-25(37)18-22(19-38-30)31-40-32(44-20-39-26-11-7-9-13-28(26)44)42-33(41-31)45-29-14-10-8-12-27(29)43-45/h7-20,43H,1-6H3. The minimum absolute atomic E-state index is 0.0112. The fourth-order valence-corrected chi connectivity index (χ4v) is 6.84. The van der Waals surface area contributed by atoms with Gasteiger partial charge >= 0.3 is 0 Å². The molecule has 7 aromatic rings. The first-order valence-electron chi connectivity index (χ1n) is 15.1. The molecule has 1 aliphatic carbocycles. The second-order valence-corrected chi connectivity index (χ2v) is 13.5. The molecule has 0 atom stereocenters. The molecular formula is C36H33FN8. The second-order valence-electron chi connectivity index (χ2n) is 13.5. The van der Waals surface area contributed by atoms with Crippen LogP contribution in [0.3, 0.4) is 0 Å². The quantitative estimate of drug-likeness (QED) is 0.223. The summed E-state index contributed by atoms with van der Waals surface area (Å²) < 4.78 is 19.6. The number of fused-ring (bicyclic) bond motifs is 3. The van der Waals surface area contributed by atoms with Crippen molar-refractivity contribution >= 4 is 22.1 Å². The van der Waals surface area contributed by atoms with Crippen molar-refractivity contribution in [3.63, 3.8) is 0 Å². The average Bonchev–Trinajstić information content (AvgIpc) is 3.49. The molecule has 0 saturated carbocycles. The summed E-state index contributed by atoms with van der Waals surface area (Å²) in [6.45, 7) is 13.8. The number of rotatable bonds is 4. The fraction of sp³-hybridized carbons (Fsp3) is 0.250. The van der Waals surface area contributed by atoms with Gasteiger partial charge in [0.25, 0.3) is 5.95 Å². The first-order chi connectivity index (χ1) is 21.5. The van der Waals surface area contributed by atoms with E-state index in [1.807, 2.05) is 59.2 Å². The van der Waals surface area contributed by atoms with Gasteiger partial charge in [0.05, 0.1) is 22.1 Å². The minimum Gasteiger partial charge on any atom is -0.289 e. The number of nitrogens with zero attached hydrogens (tertiary/aromatic N) is 7. The normalized spacial score (nSPS) is 16.4. The van der Waals surface area contributed by atoms with Crippen molar-refractivity contribution in [1.29, 1.82) is 0 Å². The van der Waals surface area contributed by atoms with Gasteiger partial charge in [0, 0.05) is 17.3 Å². The van der Waals surface area contributed by atoms with Gasteiger partial charge in [0.15, 0.2) is 5.82 Å². The third-order valence-corrected chi connectivity index (χ3v) is 10.7. The molecule has 3 aromatic carbocycles. The number of benzene rings is 3. The summed E-state index contributed by atoms with van der Waals surface area (Å²) >= 11 is 0. The van der Waals surface area contributed by atoms with E-state index in [0.717, 1.165) is 27.6 Å². The van der Waals surface area contributed by atoms with Crippen molar-refractivity contribution in [2.45, 2.75) is 52.4 Å². The van der Waals surface area contributed by atoms with Crippen LogP contribution in [0.4, 0.5) is 4.39 Å². The van der Waals surface area contributed by atoms with Crippen LogP contribution in [0.2, 0.25) is 0 Å². The summed E-state index contributed by atoms with van der Waals surface area (Å²) in [6, 6.07) is 23.4. The molecule has 0 spiro atoms. The van der Waals surface area contributed by atoms with Crippen molar-refractivity contribution in [1.82, 2.24) is 39.3 Å². The molecule has 0 saturated heterocycles. The number of imidazole rings is 1. The number of halogens is 1. The number of para-hydroxylation sites is 4. The van der Waals surface area contributed by atoms with E-state index in [0.29, 0.717) is 29.0 Å². The van der Waals surface area contributed by atoms with E-state index in [2.05, 4.69) is 68.7 Å². The number of hydrogen-bond acceptors (Lipinski definition) is 5.